The minimum absolute atomic E-state index is 0.390. The van der Waals surface area contributed by atoms with Crippen LogP contribution in [0.3, 0.4) is 0 Å². The van der Waals surface area contributed by atoms with E-state index < -0.39 is 0 Å². The van der Waals surface area contributed by atoms with Gasteiger partial charge in [0.25, 0.3) is 0 Å². The molecule has 1 nitrogen and oxygen atoms in total. The number of rotatable bonds is 2. The molecule has 1 aliphatic carbocycles. The number of aldehydes is 1. The summed E-state index contributed by atoms with van der Waals surface area (Å²) in [5.74, 6) is 0. The molecule has 0 heterocycles. The Morgan fingerprint density at radius 2 is 2.12 bits per heavy atom. The van der Waals surface area contributed by atoms with E-state index in [0.29, 0.717) is 5.41 Å². The van der Waals surface area contributed by atoms with E-state index in [9.17, 15) is 4.79 Å². The Labute approximate surface area is 49.4 Å². The molecule has 0 aromatic carbocycles. The van der Waals surface area contributed by atoms with Crippen LogP contribution in [-0.2, 0) is 4.79 Å². The summed E-state index contributed by atoms with van der Waals surface area (Å²) in [7, 11) is 0. The number of hydrogen-bond donors (Lipinski definition) is 0. The average molecular weight is 110 g/mol. The summed E-state index contributed by atoms with van der Waals surface area (Å²) < 4.78 is 0. The minimum Gasteiger partial charge on any atom is -0.299 e. The zero-order chi connectivity index (χ0) is 6.04. The van der Waals surface area contributed by atoms with Gasteiger partial charge in [-0.3, -0.25) is 4.79 Å². The predicted molar refractivity (Wildman–Crippen MR) is 32.5 cm³/mol. The fourth-order valence-corrected chi connectivity index (χ4v) is 0.635. The van der Waals surface area contributed by atoms with Gasteiger partial charge in [-0.1, -0.05) is 13.0 Å². The second-order valence-electron chi connectivity index (χ2n) is 2.65. The van der Waals surface area contributed by atoms with Crippen LogP contribution in [0.2, 0.25) is 0 Å². The first-order chi connectivity index (χ1) is 3.77. The molecule has 0 amide bonds. The third-order valence-corrected chi connectivity index (χ3v) is 1.62. The Balaban J connectivity index is 2.38. The van der Waals surface area contributed by atoms with Gasteiger partial charge in [0.1, 0.15) is 6.29 Å². The lowest BCUT2D eigenvalue weighted by molar-refractivity contribution is -0.104. The van der Waals surface area contributed by atoms with Gasteiger partial charge in [-0.2, -0.15) is 0 Å². The summed E-state index contributed by atoms with van der Waals surface area (Å²) in [6.07, 6.45) is 6.91. The highest BCUT2D eigenvalue weighted by Crippen LogP contribution is 2.45. The molecule has 44 valence electrons. The van der Waals surface area contributed by atoms with Gasteiger partial charge in [-0.25, -0.2) is 0 Å². The molecule has 0 spiro atoms. The minimum atomic E-state index is 0.390. The molecule has 0 N–H and O–H groups in total. The van der Waals surface area contributed by atoms with Gasteiger partial charge in [-0.05, 0) is 24.3 Å². The third kappa shape index (κ3) is 1.19. The number of hydrogen-bond acceptors (Lipinski definition) is 1. The van der Waals surface area contributed by atoms with E-state index in [-0.39, 0.29) is 0 Å². The topological polar surface area (TPSA) is 17.1 Å². The normalized spacial score (nSPS) is 23.6. The second-order valence-corrected chi connectivity index (χ2v) is 2.65. The van der Waals surface area contributed by atoms with Crippen LogP contribution in [0.1, 0.15) is 19.8 Å². The summed E-state index contributed by atoms with van der Waals surface area (Å²) in [5.41, 5.74) is 0.390. The molecule has 0 aliphatic heterocycles. The van der Waals surface area contributed by atoms with Crippen LogP contribution in [0.5, 0.6) is 0 Å². The van der Waals surface area contributed by atoms with Gasteiger partial charge in [0.2, 0.25) is 0 Å². The molecule has 1 aliphatic rings. The first-order valence-corrected chi connectivity index (χ1v) is 2.90. The fourth-order valence-electron chi connectivity index (χ4n) is 0.635. The monoisotopic (exact) mass is 110 g/mol. The predicted octanol–water partition coefficient (Wildman–Crippen LogP) is 1.54. The molecule has 0 aromatic heterocycles. The standard InChI is InChI=1S/C7H10O/c1-7(4-5-7)3-2-6-8/h2-3,6H,4-5H2,1H3/b3-2+. The molecular weight excluding hydrogens is 100 g/mol. The Kier molecular flexibility index (Phi) is 1.20. The van der Waals surface area contributed by atoms with E-state index in [4.69, 9.17) is 0 Å². The van der Waals surface area contributed by atoms with Crippen LogP contribution in [0, 0.1) is 5.41 Å². The molecule has 1 heteroatoms. The van der Waals surface area contributed by atoms with Crippen molar-refractivity contribution >= 4 is 6.29 Å². The highest BCUT2D eigenvalue weighted by Gasteiger charge is 2.33. The van der Waals surface area contributed by atoms with Crippen LogP contribution in [0.25, 0.3) is 0 Å². The van der Waals surface area contributed by atoms with E-state index in [0.717, 1.165) is 6.29 Å². The Hall–Kier alpha value is -0.590. The lowest BCUT2D eigenvalue weighted by atomic mass is 10.1. The molecule has 1 fully saturated rings. The van der Waals surface area contributed by atoms with Gasteiger partial charge < -0.3 is 0 Å². The maximum Gasteiger partial charge on any atom is 0.142 e. The van der Waals surface area contributed by atoms with Crippen molar-refractivity contribution in [3.8, 4) is 0 Å². The Morgan fingerprint density at radius 1 is 1.50 bits per heavy atom. The van der Waals surface area contributed by atoms with E-state index in [2.05, 4.69) is 6.92 Å². The fraction of sp³-hybridized carbons (Fsp3) is 0.571. The van der Waals surface area contributed by atoms with Crippen LogP contribution < -0.4 is 0 Å². The van der Waals surface area contributed by atoms with E-state index in [1.54, 1.807) is 6.08 Å². The first kappa shape index (κ1) is 5.54. The van der Waals surface area contributed by atoms with Crippen LogP contribution in [0.15, 0.2) is 12.2 Å². The van der Waals surface area contributed by atoms with Crippen molar-refractivity contribution in [2.24, 2.45) is 5.41 Å². The molecule has 8 heavy (non-hydrogen) atoms. The van der Waals surface area contributed by atoms with Crippen molar-refractivity contribution in [1.29, 1.82) is 0 Å². The van der Waals surface area contributed by atoms with Crippen molar-refractivity contribution in [3.63, 3.8) is 0 Å². The number of carbonyl (C=O) groups excluding carboxylic acids is 1. The van der Waals surface area contributed by atoms with Crippen molar-refractivity contribution < 1.29 is 4.79 Å². The lowest BCUT2D eigenvalue weighted by Gasteiger charge is -1.92. The molecule has 0 atom stereocenters. The Morgan fingerprint density at radius 3 is 2.50 bits per heavy atom. The largest absolute Gasteiger partial charge is 0.299 e. The maximum atomic E-state index is 9.79. The summed E-state index contributed by atoms with van der Waals surface area (Å²) in [4.78, 5) is 9.79. The summed E-state index contributed by atoms with van der Waals surface area (Å²) >= 11 is 0. The zero-order valence-electron chi connectivity index (χ0n) is 5.05. The van der Waals surface area contributed by atoms with Crippen LogP contribution in [0.4, 0.5) is 0 Å². The van der Waals surface area contributed by atoms with Crippen molar-refractivity contribution in [2.75, 3.05) is 0 Å². The van der Waals surface area contributed by atoms with Crippen LogP contribution in [-0.4, -0.2) is 6.29 Å². The van der Waals surface area contributed by atoms with Gasteiger partial charge in [0, 0.05) is 0 Å². The summed E-state index contributed by atoms with van der Waals surface area (Å²) in [6.45, 7) is 2.16. The average Bonchev–Trinajstić information content (AvgIpc) is 2.45. The van der Waals surface area contributed by atoms with Crippen LogP contribution >= 0.6 is 0 Å². The Bertz CT molecular complexity index is 120. The van der Waals surface area contributed by atoms with Gasteiger partial charge in [-0.15, -0.1) is 0 Å². The highest BCUT2D eigenvalue weighted by atomic mass is 16.1. The van der Waals surface area contributed by atoms with E-state index in [1.807, 2.05) is 6.08 Å². The SMILES string of the molecule is CC1(/C=C/C=O)CC1. The number of allylic oxidation sites excluding steroid dienone is 2. The smallest absolute Gasteiger partial charge is 0.142 e. The zero-order valence-corrected chi connectivity index (χ0v) is 5.05. The summed E-state index contributed by atoms with van der Waals surface area (Å²) in [6, 6.07) is 0. The summed E-state index contributed by atoms with van der Waals surface area (Å²) in [5, 5.41) is 0. The number of carbonyl (C=O) groups is 1. The van der Waals surface area contributed by atoms with E-state index >= 15 is 0 Å². The molecular formula is C7H10O. The van der Waals surface area contributed by atoms with E-state index in [1.165, 1.54) is 12.8 Å². The first-order valence-electron chi connectivity index (χ1n) is 2.90. The molecule has 0 bridgehead atoms. The molecule has 0 unspecified atom stereocenters. The van der Waals surface area contributed by atoms with Crippen molar-refractivity contribution in [1.82, 2.24) is 0 Å². The highest BCUT2D eigenvalue weighted by molar-refractivity contribution is 5.65. The lowest BCUT2D eigenvalue weighted by Crippen LogP contribution is -1.82. The van der Waals surface area contributed by atoms with Crippen molar-refractivity contribution in [3.05, 3.63) is 12.2 Å². The maximum absolute atomic E-state index is 9.79. The molecule has 1 rings (SSSR count). The third-order valence-electron chi connectivity index (χ3n) is 1.62. The van der Waals surface area contributed by atoms with Gasteiger partial charge in [0.15, 0.2) is 0 Å². The van der Waals surface area contributed by atoms with Gasteiger partial charge in [0.05, 0.1) is 0 Å². The molecule has 1 saturated carbocycles. The van der Waals surface area contributed by atoms with Crippen molar-refractivity contribution in [2.45, 2.75) is 19.8 Å². The van der Waals surface area contributed by atoms with Gasteiger partial charge >= 0.3 is 0 Å². The second kappa shape index (κ2) is 1.73. The quantitative estimate of drug-likeness (QED) is 0.389. The molecule has 0 radical (unpaired) electrons. The molecule has 0 aromatic rings. The molecule has 0 saturated heterocycles.